The Kier molecular flexibility index (Phi) is 6.63. The van der Waals surface area contributed by atoms with E-state index < -0.39 is 6.10 Å². The van der Waals surface area contributed by atoms with Crippen LogP contribution in [0.2, 0.25) is 0 Å². The van der Waals surface area contributed by atoms with E-state index in [1.54, 1.807) is 0 Å². The number of hydrogen-bond donors (Lipinski definition) is 3. The van der Waals surface area contributed by atoms with Gasteiger partial charge in [-0.2, -0.15) is 0 Å². The van der Waals surface area contributed by atoms with Crippen molar-refractivity contribution in [3.8, 4) is 0 Å². The van der Waals surface area contributed by atoms with Gasteiger partial charge in [0.05, 0.1) is 51.6 Å². The average molecular weight is 290 g/mol. The van der Waals surface area contributed by atoms with Gasteiger partial charge in [0.2, 0.25) is 0 Å². The molecule has 7 heteroatoms. The maximum absolute atomic E-state index is 11.1. The molecule has 2 rings (SSSR count). The Balaban J connectivity index is 1.53. The molecule has 2 fully saturated rings. The van der Waals surface area contributed by atoms with Crippen molar-refractivity contribution in [2.45, 2.75) is 44.0 Å². The quantitative estimate of drug-likeness (QED) is 0.469. The van der Waals surface area contributed by atoms with Gasteiger partial charge in [0.1, 0.15) is 6.10 Å². The van der Waals surface area contributed by atoms with E-state index in [-0.39, 0.29) is 25.4 Å². The third-order valence-corrected chi connectivity index (χ3v) is 4.03. The highest BCUT2D eigenvalue weighted by Gasteiger charge is 2.21. The lowest BCUT2D eigenvalue weighted by molar-refractivity contribution is -0.854. The van der Waals surface area contributed by atoms with Crippen molar-refractivity contribution >= 4 is 0 Å². The molecule has 2 heterocycles. The molecule has 0 amide bonds. The highest BCUT2D eigenvalue weighted by atomic mass is 16.5. The van der Waals surface area contributed by atoms with Gasteiger partial charge in [0, 0.05) is 25.7 Å². The number of hydrogen-bond acceptors (Lipinski definition) is 5. The average Bonchev–Trinajstić information content (AvgIpc) is 2.46. The van der Waals surface area contributed by atoms with E-state index in [4.69, 9.17) is 9.47 Å². The first kappa shape index (κ1) is 16.1. The molecule has 118 valence electrons. The van der Waals surface area contributed by atoms with E-state index in [9.17, 15) is 15.5 Å². The largest absolute Gasteiger partial charge is 0.634 e. The summed E-state index contributed by atoms with van der Waals surface area (Å²) in [6.07, 6.45) is 2.59. The van der Waals surface area contributed by atoms with Crippen molar-refractivity contribution in [1.82, 2.24) is 0 Å². The maximum Gasteiger partial charge on any atom is 0.101 e. The minimum atomic E-state index is -0.634. The van der Waals surface area contributed by atoms with Crippen molar-refractivity contribution in [3.05, 3.63) is 10.4 Å². The molecule has 0 atom stereocenters. The van der Waals surface area contributed by atoms with Gasteiger partial charge in [0.15, 0.2) is 0 Å². The Morgan fingerprint density at radius 2 is 1.20 bits per heavy atom. The van der Waals surface area contributed by atoms with Gasteiger partial charge < -0.3 is 35.1 Å². The minimum Gasteiger partial charge on any atom is -0.634 e. The van der Waals surface area contributed by atoms with E-state index in [0.717, 1.165) is 25.7 Å². The Labute approximate surface area is 119 Å². The zero-order valence-corrected chi connectivity index (χ0v) is 11.9. The first-order valence-electron chi connectivity index (χ1n) is 7.58. The molecule has 0 aromatic rings. The molecule has 0 bridgehead atoms. The highest BCUT2D eigenvalue weighted by molar-refractivity contribution is 4.65. The number of aliphatic hydroxyl groups is 1. The number of aliphatic hydroxyl groups excluding tert-OH is 1. The standard InChI is InChI=1S/C13H26N2O5/c16-11(9-19-12-1-5-14(17)6-2-12)10-20-13-3-7-15(18)8-4-13/h11-16H,1-10H2. The highest BCUT2D eigenvalue weighted by Crippen LogP contribution is 2.08. The van der Waals surface area contributed by atoms with Gasteiger partial charge in [-0.05, 0) is 0 Å². The first-order chi connectivity index (χ1) is 9.63. The zero-order valence-electron chi connectivity index (χ0n) is 11.9. The number of hydroxylamine groups is 4. The number of piperidine rings is 2. The topological polar surface area (TPSA) is 93.7 Å². The molecule has 0 aromatic heterocycles. The van der Waals surface area contributed by atoms with Gasteiger partial charge in [-0.25, -0.2) is 0 Å². The number of rotatable bonds is 6. The fourth-order valence-corrected chi connectivity index (χ4v) is 2.70. The normalized spacial score (nSPS) is 36.8. The van der Waals surface area contributed by atoms with Gasteiger partial charge in [0.25, 0.3) is 0 Å². The predicted molar refractivity (Wildman–Crippen MR) is 72.1 cm³/mol. The molecule has 2 saturated heterocycles. The van der Waals surface area contributed by atoms with Gasteiger partial charge in [-0.1, -0.05) is 0 Å². The smallest absolute Gasteiger partial charge is 0.101 e. The van der Waals surface area contributed by atoms with Crippen LogP contribution in [-0.2, 0) is 9.47 Å². The van der Waals surface area contributed by atoms with E-state index in [1.165, 1.54) is 0 Å². The second-order valence-corrected chi connectivity index (χ2v) is 5.80. The zero-order chi connectivity index (χ0) is 14.4. The van der Waals surface area contributed by atoms with Crippen LogP contribution in [0.15, 0.2) is 0 Å². The Hall–Kier alpha value is -0.280. The van der Waals surface area contributed by atoms with Gasteiger partial charge in [-0.15, -0.1) is 0 Å². The van der Waals surface area contributed by atoms with Crippen molar-refractivity contribution in [2.75, 3.05) is 39.4 Å². The SMILES string of the molecule is [O-][NH+]1CCC(OCC(O)COC2CC[NH+]([O-])CC2)CC1. The van der Waals surface area contributed by atoms with Crippen molar-refractivity contribution in [3.63, 3.8) is 0 Å². The van der Waals surface area contributed by atoms with Crippen LogP contribution < -0.4 is 10.1 Å². The van der Waals surface area contributed by atoms with E-state index in [0.29, 0.717) is 36.3 Å². The Morgan fingerprint density at radius 1 is 0.850 bits per heavy atom. The monoisotopic (exact) mass is 290 g/mol. The summed E-state index contributed by atoms with van der Waals surface area (Å²) in [5.74, 6) is 0. The predicted octanol–water partition coefficient (Wildman–Crippen LogP) is -2.53. The summed E-state index contributed by atoms with van der Waals surface area (Å²) in [5, 5.41) is 32.6. The summed E-state index contributed by atoms with van der Waals surface area (Å²) in [6, 6.07) is 0. The molecular formula is C13H26N2O5. The molecular weight excluding hydrogens is 264 g/mol. The summed E-state index contributed by atoms with van der Waals surface area (Å²) < 4.78 is 11.2. The van der Waals surface area contributed by atoms with Crippen LogP contribution >= 0.6 is 0 Å². The van der Waals surface area contributed by atoms with Crippen LogP contribution in [0, 0.1) is 10.4 Å². The van der Waals surface area contributed by atoms with Gasteiger partial charge in [-0.3, -0.25) is 0 Å². The molecule has 0 radical (unpaired) electrons. The third kappa shape index (κ3) is 5.61. The van der Waals surface area contributed by atoms with E-state index >= 15 is 0 Å². The van der Waals surface area contributed by atoms with E-state index in [1.807, 2.05) is 0 Å². The molecule has 0 saturated carbocycles. The lowest BCUT2D eigenvalue weighted by Gasteiger charge is -2.32. The summed E-state index contributed by atoms with van der Waals surface area (Å²) in [4.78, 5) is 0. The molecule has 20 heavy (non-hydrogen) atoms. The van der Waals surface area contributed by atoms with Crippen molar-refractivity contribution in [2.24, 2.45) is 0 Å². The number of ether oxygens (including phenoxy) is 2. The van der Waals surface area contributed by atoms with Crippen LogP contribution in [0.4, 0.5) is 0 Å². The fraction of sp³-hybridized carbons (Fsp3) is 1.00. The third-order valence-electron chi connectivity index (χ3n) is 4.03. The van der Waals surface area contributed by atoms with Crippen LogP contribution in [0.3, 0.4) is 0 Å². The lowest BCUT2D eigenvalue weighted by atomic mass is 10.1. The summed E-state index contributed by atoms with van der Waals surface area (Å²) >= 11 is 0. The number of nitrogens with one attached hydrogen (secondary N) is 2. The molecule has 0 aromatic carbocycles. The number of quaternary nitrogens is 2. The molecule has 2 aliphatic rings. The molecule has 7 nitrogen and oxygen atoms in total. The van der Waals surface area contributed by atoms with Crippen LogP contribution in [0.25, 0.3) is 0 Å². The maximum atomic E-state index is 11.1. The van der Waals surface area contributed by atoms with Crippen LogP contribution in [0.5, 0.6) is 0 Å². The van der Waals surface area contributed by atoms with E-state index in [2.05, 4.69) is 0 Å². The summed E-state index contributed by atoms with van der Waals surface area (Å²) in [6.45, 7) is 2.87. The molecule has 2 aliphatic heterocycles. The Morgan fingerprint density at radius 3 is 1.55 bits per heavy atom. The first-order valence-corrected chi connectivity index (χ1v) is 7.58. The van der Waals surface area contributed by atoms with Gasteiger partial charge >= 0.3 is 0 Å². The molecule has 0 aliphatic carbocycles. The molecule has 0 spiro atoms. The lowest BCUT2D eigenvalue weighted by Crippen LogP contribution is -3.08. The summed E-state index contributed by atoms with van der Waals surface area (Å²) in [5.41, 5.74) is 0. The van der Waals surface area contributed by atoms with Crippen molar-refractivity contribution < 1.29 is 24.7 Å². The fourth-order valence-electron chi connectivity index (χ4n) is 2.70. The van der Waals surface area contributed by atoms with Crippen molar-refractivity contribution in [1.29, 1.82) is 0 Å². The second-order valence-electron chi connectivity index (χ2n) is 5.80. The van der Waals surface area contributed by atoms with Crippen LogP contribution in [-0.4, -0.2) is 62.8 Å². The summed E-state index contributed by atoms with van der Waals surface area (Å²) in [7, 11) is 0. The molecule has 0 unspecified atom stereocenters. The minimum absolute atomic E-state index is 0.0923. The Bertz CT molecular complexity index is 239. The second kappa shape index (κ2) is 8.23. The molecule has 3 N–H and O–H groups in total. The van der Waals surface area contributed by atoms with Crippen LogP contribution in [0.1, 0.15) is 25.7 Å².